The second-order valence-electron chi connectivity index (χ2n) is 6.05. The maximum absolute atomic E-state index is 12.4. The number of Topliss-reactive ketones (excluding diaryl/α,β-unsaturated/α-hetero) is 1. The largest absolute Gasteiger partial charge is 0.354 e. The highest BCUT2D eigenvalue weighted by Crippen LogP contribution is 2.18. The number of nitrogens with zero attached hydrogens (tertiary/aromatic N) is 2. The summed E-state index contributed by atoms with van der Waals surface area (Å²) in [6.07, 6.45) is 4.98. The second-order valence-corrected chi connectivity index (χ2v) is 6.05. The monoisotopic (exact) mass is 323 g/mol. The van der Waals surface area contributed by atoms with E-state index in [0.717, 1.165) is 37.3 Å². The Morgan fingerprint density at radius 3 is 2.50 bits per heavy atom. The molecule has 1 aromatic carbocycles. The predicted molar refractivity (Wildman–Crippen MR) is 93.7 cm³/mol. The van der Waals surface area contributed by atoms with E-state index in [1.807, 2.05) is 23.1 Å². The van der Waals surface area contributed by atoms with Gasteiger partial charge in [-0.1, -0.05) is 12.1 Å². The van der Waals surface area contributed by atoms with Crippen LogP contribution in [0.5, 0.6) is 0 Å². The number of nitrogens with one attached hydrogen (secondary N) is 1. The average Bonchev–Trinajstić information content (AvgIpc) is 2.63. The highest BCUT2D eigenvalue weighted by Gasteiger charge is 2.18. The number of hydrogen-bond donors (Lipinski definition) is 1. The second kappa shape index (κ2) is 7.25. The number of hydrogen-bond acceptors (Lipinski definition) is 4. The van der Waals surface area contributed by atoms with Crippen LogP contribution in [0, 0.1) is 0 Å². The molecule has 0 unspecified atom stereocenters. The zero-order valence-electron chi connectivity index (χ0n) is 13.8. The summed E-state index contributed by atoms with van der Waals surface area (Å²) < 4.78 is 0. The summed E-state index contributed by atoms with van der Waals surface area (Å²) in [6, 6.07) is 10.9. The fourth-order valence-electron chi connectivity index (χ4n) is 2.84. The van der Waals surface area contributed by atoms with Crippen molar-refractivity contribution in [3.63, 3.8) is 0 Å². The Bertz CT molecular complexity index is 735. The SMILES string of the molecule is CC(=O)c1cccc(Nc2ccc(C(=O)N3CCCCC3)nc2)c1. The van der Waals surface area contributed by atoms with Crippen LogP contribution in [0.3, 0.4) is 0 Å². The minimum Gasteiger partial charge on any atom is -0.354 e. The van der Waals surface area contributed by atoms with Crippen molar-refractivity contribution in [2.75, 3.05) is 18.4 Å². The van der Waals surface area contributed by atoms with Crippen molar-refractivity contribution < 1.29 is 9.59 Å². The van der Waals surface area contributed by atoms with Gasteiger partial charge in [0.2, 0.25) is 0 Å². The molecule has 0 aliphatic carbocycles. The van der Waals surface area contributed by atoms with Crippen LogP contribution in [0.2, 0.25) is 0 Å². The Labute approximate surface area is 141 Å². The van der Waals surface area contributed by atoms with Crippen molar-refractivity contribution >= 4 is 23.1 Å². The molecule has 1 aliphatic heterocycles. The van der Waals surface area contributed by atoms with E-state index in [2.05, 4.69) is 10.3 Å². The third-order valence-electron chi connectivity index (χ3n) is 4.18. The topological polar surface area (TPSA) is 62.3 Å². The fourth-order valence-corrected chi connectivity index (χ4v) is 2.84. The number of benzene rings is 1. The lowest BCUT2D eigenvalue weighted by Gasteiger charge is -2.26. The Kier molecular flexibility index (Phi) is 4.89. The molecular weight excluding hydrogens is 302 g/mol. The lowest BCUT2D eigenvalue weighted by molar-refractivity contribution is 0.0718. The van der Waals surface area contributed by atoms with Crippen molar-refractivity contribution in [2.24, 2.45) is 0 Å². The molecule has 0 bridgehead atoms. The van der Waals surface area contributed by atoms with Crippen LogP contribution >= 0.6 is 0 Å². The Balaban J connectivity index is 1.69. The first-order valence-electron chi connectivity index (χ1n) is 8.27. The van der Waals surface area contributed by atoms with E-state index >= 15 is 0 Å². The molecule has 1 aliphatic rings. The number of amides is 1. The van der Waals surface area contributed by atoms with Gasteiger partial charge in [-0.15, -0.1) is 0 Å². The molecular formula is C19H21N3O2. The number of likely N-dealkylation sites (tertiary alicyclic amines) is 1. The van der Waals surface area contributed by atoms with E-state index in [4.69, 9.17) is 0 Å². The van der Waals surface area contributed by atoms with Gasteiger partial charge in [0.05, 0.1) is 11.9 Å². The van der Waals surface area contributed by atoms with Gasteiger partial charge in [-0.05, 0) is 50.5 Å². The van der Waals surface area contributed by atoms with Crippen LogP contribution in [0.4, 0.5) is 11.4 Å². The molecule has 0 atom stereocenters. The number of carbonyl (C=O) groups is 2. The van der Waals surface area contributed by atoms with Crippen LogP contribution in [-0.2, 0) is 0 Å². The van der Waals surface area contributed by atoms with E-state index in [-0.39, 0.29) is 11.7 Å². The zero-order chi connectivity index (χ0) is 16.9. The number of rotatable bonds is 4. The molecule has 2 heterocycles. The fraction of sp³-hybridized carbons (Fsp3) is 0.316. The van der Waals surface area contributed by atoms with Crippen LogP contribution in [0.25, 0.3) is 0 Å². The van der Waals surface area contributed by atoms with Gasteiger partial charge in [0, 0.05) is 24.3 Å². The number of pyridine rings is 1. The van der Waals surface area contributed by atoms with Crippen LogP contribution in [0.1, 0.15) is 47.0 Å². The van der Waals surface area contributed by atoms with Gasteiger partial charge in [0.1, 0.15) is 5.69 Å². The van der Waals surface area contributed by atoms with Gasteiger partial charge < -0.3 is 10.2 Å². The Morgan fingerprint density at radius 1 is 1.04 bits per heavy atom. The molecule has 1 aromatic heterocycles. The number of carbonyl (C=O) groups excluding carboxylic acids is 2. The number of anilines is 2. The lowest BCUT2D eigenvalue weighted by atomic mass is 10.1. The standard InChI is InChI=1S/C19H21N3O2/c1-14(23)15-6-5-7-16(12-15)21-17-8-9-18(20-13-17)19(24)22-10-3-2-4-11-22/h5-9,12-13,21H,2-4,10-11H2,1H3. The van der Waals surface area contributed by atoms with Gasteiger partial charge in [-0.25, -0.2) is 4.98 Å². The zero-order valence-corrected chi connectivity index (χ0v) is 13.8. The van der Waals surface area contributed by atoms with Crippen molar-refractivity contribution in [1.82, 2.24) is 9.88 Å². The summed E-state index contributed by atoms with van der Waals surface area (Å²) in [6.45, 7) is 3.18. The molecule has 1 N–H and O–H groups in total. The van der Waals surface area contributed by atoms with Gasteiger partial charge in [0.25, 0.3) is 5.91 Å². The first kappa shape index (κ1) is 16.2. The molecule has 1 amide bonds. The Morgan fingerprint density at radius 2 is 1.83 bits per heavy atom. The first-order valence-corrected chi connectivity index (χ1v) is 8.27. The lowest BCUT2D eigenvalue weighted by Crippen LogP contribution is -2.36. The summed E-state index contributed by atoms with van der Waals surface area (Å²) in [5.41, 5.74) is 2.73. The van der Waals surface area contributed by atoms with Gasteiger partial charge in [-0.3, -0.25) is 9.59 Å². The van der Waals surface area contributed by atoms with E-state index in [1.165, 1.54) is 6.42 Å². The average molecular weight is 323 g/mol. The molecule has 124 valence electrons. The summed E-state index contributed by atoms with van der Waals surface area (Å²) in [5.74, 6) is 0.0269. The van der Waals surface area contributed by atoms with E-state index < -0.39 is 0 Å². The van der Waals surface area contributed by atoms with Crippen LogP contribution in [0.15, 0.2) is 42.6 Å². The van der Waals surface area contributed by atoms with Crippen molar-refractivity contribution in [1.29, 1.82) is 0 Å². The Hall–Kier alpha value is -2.69. The van der Waals surface area contributed by atoms with E-state index in [9.17, 15) is 9.59 Å². The number of ketones is 1. The van der Waals surface area contributed by atoms with Gasteiger partial charge >= 0.3 is 0 Å². The molecule has 1 fully saturated rings. The highest BCUT2D eigenvalue weighted by molar-refractivity contribution is 5.95. The third-order valence-corrected chi connectivity index (χ3v) is 4.18. The van der Waals surface area contributed by atoms with Gasteiger partial charge in [-0.2, -0.15) is 0 Å². The van der Waals surface area contributed by atoms with Crippen LogP contribution < -0.4 is 5.32 Å². The highest BCUT2D eigenvalue weighted by atomic mass is 16.2. The predicted octanol–water partition coefficient (Wildman–Crippen LogP) is 3.65. The van der Waals surface area contributed by atoms with E-state index in [0.29, 0.717) is 11.3 Å². The number of aromatic nitrogens is 1. The minimum absolute atomic E-state index is 0.000160. The molecule has 0 radical (unpaired) electrons. The quantitative estimate of drug-likeness (QED) is 0.872. The van der Waals surface area contributed by atoms with Crippen molar-refractivity contribution in [3.05, 3.63) is 53.9 Å². The van der Waals surface area contributed by atoms with Crippen molar-refractivity contribution in [2.45, 2.75) is 26.2 Å². The molecule has 5 nitrogen and oxygen atoms in total. The van der Waals surface area contributed by atoms with Gasteiger partial charge in [0.15, 0.2) is 5.78 Å². The van der Waals surface area contributed by atoms with Crippen molar-refractivity contribution in [3.8, 4) is 0 Å². The molecule has 2 aromatic rings. The third kappa shape index (κ3) is 3.79. The van der Waals surface area contributed by atoms with Crippen LogP contribution in [-0.4, -0.2) is 34.7 Å². The molecule has 3 rings (SSSR count). The minimum atomic E-state index is -0.000160. The summed E-state index contributed by atoms with van der Waals surface area (Å²) >= 11 is 0. The summed E-state index contributed by atoms with van der Waals surface area (Å²) in [5, 5.41) is 3.21. The maximum atomic E-state index is 12.4. The normalized spacial score (nSPS) is 14.3. The maximum Gasteiger partial charge on any atom is 0.272 e. The molecule has 0 spiro atoms. The molecule has 24 heavy (non-hydrogen) atoms. The number of piperidine rings is 1. The molecule has 1 saturated heterocycles. The van der Waals surface area contributed by atoms with E-state index in [1.54, 1.807) is 31.3 Å². The molecule has 5 heteroatoms. The summed E-state index contributed by atoms with van der Waals surface area (Å²) in [7, 11) is 0. The first-order chi connectivity index (χ1) is 11.6. The molecule has 0 saturated carbocycles. The smallest absolute Gasteiger partial charge is 0.272 e. The summed E-state index contributed by atoms with van der Waals surface area (Å²) in [4.78, 5) is 30.0.